The highest BCUT2D eigenvalue weighted by Gasteiger charge is 2.31. The summed E-state index contributed by atoms with van der Waals surface area (Å²) in [6, 6.07) is 18.1. The van der Waals surface area contributed by atoms with Crippen molar-refractivity contribution >= 4 is 17.9 Å². The summed E-state index contributed by atoms with van der Waals surface area (Å²) in [7, 11) is 0. The third kappa shape index (κ3) is 10.2. The molecule has 2 N–H and O–H groups in total. The van der Waals surface area contributed by atoms with E-state index in [1.807, 2.05) is 60.7 Å². The number of carbonyl (C=O) groups excluding carboxylic acids is 3. The highest BCUT2D eigenvalue weighted by Crippen LogP contribution is 2.23. The lowest BCUT2D eigenvalue weighted by atomic mass is 10.0. The smallest absolute Gasteiger partial charge is 0.408 e. The van der Waals surface area contributed by atoms with Gasteiger partial charge in [0, 0.05) is 13.1 Å². The summed E-state index contributed by atoms with van der Waals surface area (Å²) in [5.41, 5.74) is 1.02. The van der Waals surface area contributed by atoms with Gasteiger partial charge in [-0.15, -0.1) is 0 Å². The minimum Gasteiger partial charge on any atom is -0.444 e. The Hall–Kier alpha value is -3.35. The number of ether oxygens (including phenoxy) is 1. The molecule has 0 bridgehead atoms. The minimum atomic E-state index is -0.811. The van der Waals surface area contributed by atoms with Crippen molar-refractivity contribution < 1.29 is 19.1 Å². The molecule has 1 atom stereocenters. The van der Waals surface area contributed by atoms with Crippen molar-refractivity contribution in [3.05, 3.63) is 71.8 Å². The summed E-state index contributed by atoms with van der Waals surface area (Å²) in [4.78, 5) is 40.5. The second-order valence-electron chi connectivity index (χ2n) is 9.52. The van der Waals surface area contributed by atoms with Gasteiger partial charge in [-0.05, 0) is 38.3 Å². The Morgan fingerprint density at radius 1 is 0.886 bits per heavy atom. The normalized spacial score (nSPS) is 11.9. The Balaban J connectivity index is 2.23. The van der Waals surface area contributed by atoms with Crippen LogP contribution in [0, 0.1) is 0 Å². The van der Waals surface area contributed by atoms with Crippen LogP contribution in [0.1, 0.15) is 70.5 Å². The van der Waals surface area contributed by atoms with Crippen LogP contribution in [0.3, 0.4) is 0 Å². The van der Waals surface area contributed by atoms with Crippen LogP contribution in [0.25, 0.3) is 0 Å². The van der Waals surface area contributed by atoms with Gasteiger partial charge in [-0.2, -0.15) is 0 Å². The first-order valence-corrected chi connectivity index (χ1v) is 12.3. The van der Waals surface area contributed by atoms with Crippen LogP contribution in [0.4, 0.5) is 4.79 Å². The van der Waals surface area contributed by atoms with Gasteiger partial charge in [0.2, 0.25) is 11.8 Å². The molecule has 2 rings (SSSR count). The monoisotopic (exact) mass is 481 g/mol. The molecule has 7 heteroatoms. The van der Waals surface area contributed by atoms with Crippen molar-refractivity contribution in [3.8, 4) is 0 Å². The lowest BCUT2D eigenvalue weighted by Crippen LogP contribution is -2.48. The van der Waals surface area contributed by atoms with Crippen molar-refractivity contribution in [2.45, 2.75) is 71.6 Å². The van der Waals surface area contributed by atoms with Crippen LogP contribution >= 0.6 is 0 Å². The zero-order chi connectivity index (χ0) is 25.7. The summed E-state index contributed by atoms with van der Waals surface area (Å²) >= 11 is 0. The molecule has 0 aliphatic carbocycles. The van der Waals surface area contributed by atoms with Crippen LogP contribution in [0.2, 0.25) is 0 Å². The van der Waals surface area contributed by atoms with Crippen molar-refractivity contribution in [2.75, 3.05) is 13.1 Å². The standard InChI is InChI=1S/C28H39N3O4/c1-5-6-7-14-19-31(24(32)21-30-27(34)35-28(2,3)4)25(23-17-12-9-13-18-23)26(33)29-20-22-15-10-8-11-16-22/h8-13,15-18,25H,5-7,14,19-21H2,1-4H3,(H,29,33)(H,30,34). The third-order valence-corrected chi connectivity index (χ3v) is 5.34. The van der Waals surface area contributed by atoms with Crippen molar-refractivity contribution in [1.29, 1.82) is 0 Å². The van der Waals surface area contributed by atoms with Gasteiger partial charge in [0.15, 0.2) is 0 Å². The molecular weight excluding hydrogens is 442 g/mol. The minimum absolute atomic E-state index is 0.252. The van der Waals surface area contributed by atoms with E-state index in [2.05, 4.69) is 17.6 Å². The number of benzene rings is 2. The van der Waals surface area contributed by atoms with E-state index in [-0.39, 0.29) is 18.4 Å². The van der Waals surface area contributed by atoms with Gasteiger partial charge in [-0.1, -0.05) is 86.8 Å². The molecule has 7 nitrogen and oxygen atoms in total. The SMILES string of the molecule is CCCCCCN(C(=O)CNC(=O)OC(C)(C)C)C(C(=O)NCc1ccccc1)c1ccccc1. The molecule has 35 heavy (non-hydrogen) atoms. The molecule has 0 heterocycles. The number of carbonyl (C=O) groups is 3. The molecule has 0 aromatic heterocycles. The molecule has 0 spiro atoms. The predicted molar refractivity (Wildman–Crippen MR) is 138 cm³/mol. The van der Waals surface area contributed by atoms with Gasteiger partial charge in [0.1, 0.15) is 18.2 Å². The van der Waals surface area contributed by atoms with Gasteiger partial charge in [-0.25, -0.2) is 4.79 Å². The van der Waals surface area contributed by atoms with Crippen LogP contribution in [0.5, 0.6) is 0 Å². The zero-order valence-corrected chi connectivity index (χ0v) is 21.4. The maximum atomic E-state index is 13.5. The van der Waals surface area contributed by atoms with Gasteiger partial charge in [-0.3, -0.25) is 9.59 Å². The van der Waals surface area contributed by atoms with Crippen LogP contribution in [0.15, 0.2) is 60.7 Å². The number of nitrogens with zero attached hydrogens (tertiary/aromatic N) is 1. The number of hydrogen-bond acceptors (Lipinski definition) is 4. The summed E-state index contributed by atoms with van der Waals surface area (Å²) < 4.78 is 5.26. The van der Waals surface area contributed by atoms with Crippen LogP contribution < -0.4 is 10.6 Å². The number of nitrogens with one attached hydrogen (secondary N) is 2. The summed E-state index contributed by atoms with van der Waals surface area (Å²) in [5, 5.41) is 5.53. The van der Waals surface area contributed by atoms with E-state index in [4.69, 9.17) is 4.74 Å². The molecule has 0 aliphatic heterocycles. The fraction of sp³-hybridized carbons (Fsp3) is 0.464. The molecule has 2 aromatic carbocycles. The highest BCUT2D eigenvalue weighted by molar-refractivity contribution is 5.90. The third-order valence-electron chi connectivity index (χ3n) is 5.34. The fourth-order valence-corrected chi connectivity index (χ4v) is 3.66. The molecule has 2 aromatic rings. The number of hydrogen-bond donors (Lipinski definition) is 2. The van der Waals surface area contributed by atoms with Crippen molar-refractivity contribution in [1.82, 2.24) is 15.5 Å². The quantitative estimate of drug-likeness (QED) is 0.419. The van der Waals surface area contributed by atoms with Crippen LogP contribution in [-0.2, 0) is 20.9 Å². The Labute approximate surface area is 209 Å². The lowest BCUT2D eigenvalue weighted by Gasteiger charge is -2.32. The number of amides is 3. The topological polar surface area (TPSA) is 87.7 Å². The number of unbranched alkanes of at least 4 members (excludes halogenated alkanes) is 3. The van der Waals surface area contributed by atoms with E-state index < -0.39 is 17.7 Å². The molecule has 0 radical (unpaired) electrons. The first-order chi connectivity index (χ1) is 16.7. The predicted octanol–water partition coefficient (Wildman–Crippen LogP) is 4.98. The molecule has 0 aliphatic rings. The zero-order valence-electron chi connectivity index (χ0n) is 21.4. The molecule has 0 saturated heterocycles. The molecule has 0 saturated carbocycles. The van der Waals surface area contributed by atoms with Gasteiger partial charge in [0.25, 0.3) is 0 Å². The molecule has 190 valence electrons. The van der Waals surface area contributed by atoms with Crippen molar-refractivity contribution in [2.24, 2.45) is 0 Å². The second kappa shape index (κ2) is 14.1. The fourth-order valence-electron chi connectivity index (χ4n) is 3.66. The molecule has 3 amide bonds. The van der Waals surface area contributed by atoms with E-state index in [0.29, 0.717) is 13.1 Å². The van der Waals surface area contributed by atoms with Gasteiger partial charge < -0.3 is 20.3 Å². The van der Waals surface area contributed by atoms with E-state index in [9.17, 15) is 14.4 Å². The largest absolute Gasteiger partial charge is 0.444 e. The van der Waals surface area contributed by atoms with Crippen LogP contribution in [-0.4, -0.2) is 41.5 Å². The van der Waals surface area contributed by atoms with E-state index in [1.54, 1.807) is 25.7 Å². The summed E-state index contributed by atoms with van der Waals surface area (Å²) in [6.07, 6.45) is 3.16. The summed E-state index contributed by atoms with van der Waals surface area (Å²) in [5.74, 6) is -0.600. The van der Waals surface area contributed by atoms with E-state index in [0.717, 1.165) is 36.8 Å². The van der Waals surface area contributed by atoms with Gasteiger partial charge in [0.05, 0.1) is 0 Å². The van der Waals surface area contributed by atoms with Gasteiger partial charge >= 0.3 is 6.09 Å². The first kappa shape index (κ1) is 27.9. The maximum Gasteiger partial charge on any atom is 0.408 e. The first-order valence-electron chi connectivity index (χ1n) is 12.3. The van der Waals surface area contributed by atoms with E-state index in [1.165, 1.54) is 0 Å². The molecule has 0 fully saturated rings. The van der Waals surface area contributed by atoms with Crippen molar-refractivity contribution in [3.63, 3.8) is 0 Å². The Morgan fingerprint density at radius 2 is 1.51 bits per heavy atom. The maximum absolute atomic E-state index is 13.5. The number of alkyl carbamates (subject to hydrolysis) is 1. The lowest BCUT2D eigenvalue weighted by molar-refractivity contribution is -0.140. The Morgan fingerprint density at radius 3 is 2.11 bits per heavy atom. The summed E-state index contributed by atoms with van der Waals surface area (Å²) in [6.45, 7) is 7.92. The number of rotatable bonds is 12. The molecule has 1 unspecified atom stereocenters. The average Bonchev–Trinajstić information content (AvgIpc) is 2.83. The Bertz CT molecular complexity index is 926. The Kier molecular flexibility index (Phi) is 11.3. The second-order valence-corrected chi connectivity index (χ2v) is 9.52. The highest BCUT2D eigenvalue weighted by atomic mass is 16.6. The average molecular weight is 482 g/mol. The van der Waals surface area contributed by atoms with E-state index >= 15 is 0 Å². The molecular formula is C28H39N3O4.